The predicted octanol–water partition coefficient (Wildman–Crippen LogP) is 2.79. The first kappa shape index (κ1) is 14.9. The van der Waals surface area contributed by atoms with Gasteiger partial charge in [-0.3, -0.25) is 9.36 Å². The van der Waals surface area contributed by atoms with Crippen LogP contribution in [-0.4, -0.2) is 34.1 Å². The Bertz CT molecular complexity index is 689. The topological polar surface area (TPSA) is 41.0 Å². The number of nitrogens with zero attached hydrogens (tertiary/aromatic N) is 2. The summed E-state index contributed by atoms with van der Waals surface area (Å²) in [5.74, 6) is 0. The number of rotatable bonds is 6. The summed E-state index contributed by atoms with van der Waals surface area (Å²) < 4.78 is 2.16. The predicted molar refractivity (Wildman–Crippen MR) is 85.8 cm³/mol. The molecule has 0 aliphatic carbocycles. The molecule has 0 amide bonds. The molecule has 1 N–H and O–H groups in total. The zero-order valence-corrected chi connectivity index (χ0v) is 12.9. The van der Waals surface area contributed by atoms with Gasteiger partial charge in [-0.05, 0) is 43.9 Å². The summed E-state index contributed by atoms with van der Waals surface area (Å²) >= 11 is 5.31. The summed E-state index contributed by atoms with van der Waals surface area (Å²) in [7, 11) is 0. The van der Waals surface area contributed by atoms with E-state index in [4.69, 9.17) is 12.2 Å². The van der Waals surface area contributed by atoms with Crippen LogP contribution in [0.5, 0.6) is 0 Å². The monoisotopic (exact) mass is 291 g/mol. The number of benzene rings is 1. The maximum absolute atomic E-state index is 12.5. The van der Waals surface area contributed by atoms with Gasteiger partial charge in [-0.25, -0.2) is 0 Å². The van der Waals surface area contributed by atoms with E-state index in [0.29, 0.717) is 16.7 Å². The molecule has 2 rings (SSSR count). The molecule has 0 aliphatic rings. The Labute approximate surface area is 124 Å². The number of nitrogens with one attached hydrogen (secondary N) is 1. The molecular formula is C15H21N3OS. The molecule has 0 spiro atoms. The largest absolute Gasteiger partial charge is 0.332 e. The van der Waals surface area contributed by atoms with Crippen LogP contribution in [0.25, 0.3) is 10.9 Å². The molecular weight excluding hydrogens is 270 g/mol. The molecule has 0 fully saturated rings. The summed E-state index contributed by atoms with van der Waals surface area (Å²) in [5.41, 5.74) is 0.802. The molecule has 0 saturated carbocycles. The van der Waals surface area contributed by atoms with Crippen molar-refractivity contribution in [2.75, 3.05) is 19.6 Å². The van der Waals surface area contributed by atoms with E-state index in [1.807, 2.05) is 24.3 Å². The number of aromatic nitrogens is 2. The molecule has 0 bridgehead atoms. The summed E-state index contributed by atoms with van der Waals surface area (Å²) in [4.78, 5) is 17.9. The fraction of sp³-hybridized carbons (Fsp3) is 0.467. The molecule has 1 heterocycles. The van der Waals surface area contributed by atoms with E-state index in [1.165, 1.54) is 0 Å². The summed E-state index contributed by atoms with van der Waals surface area (Å²) in [6, 6.07) is 7.49. The van der Waals surface area contributed by atoms with Crippen molar-refractivity contribution in [1.29, 1.82) is 0 Å². The third kappa shape index (κ3) is 3.16. The highest BCUT2D eigenvalue weighted by atomic mass is 32.1. The van der Waals surface area contributed by atoms with Gasteiger partial charge in [0.1, 0.15) is 0 Å². The normalized spacial score (nSPS) is 11.3. The molecule has 1 aromatic carbocycles. The molecule has 0 unspecified atom stereocenters. The van der Waals surface area contributed by atoms with E-state index in [2.05, 4.69) is 23.7 Å². The minimum atomic E-state index is -0.00287. The van der Waals surface area contributed by atoms with Gasteiger partial charge in [0.15, 0.2) is 4.77 Å². The minimum absolute atomic E-state index is 0.00287. The Morgan fingerprint density at radius 1 is 1.25 bits per heavy atom. The van der Waals surface area contributed by atoms with Gasteiger partial charge >= 0.3 is 0 Å². The number of para-hydroxylation sites is 1. The Morgan fingerprint density at radius 3 is 2.70 bits per heavy atom. The second-order valence-electron chi connectivity index (χ2n) is 4.87. The Kier molecular flexibility index (Phi) is 5.09. The SMILES string of the molecule is CCCN(CC)CCn1c(=S)[nH]c2ccccc2c1=O. The number of fused-ring (bicyclic) bond motifs is 1. The first-order chi connectivity index (χ1) is 9.67. The van der Waals surface area contributed by atoms with Crippen LogP contribution in [0.1, 0.15) is 20.3 Å². The van der Waals surface area contributed by atoms with Crippen LogP contribution in [-0.2, 0) is 6.54 Å². The van der Waals surface area contributed by atoms with E-state index in [1.54, 1.807) is 4.57 Å². The van der Waals surface area contributed by atoms with Crippen molar-refractivity contribution in [3.63, 3.8) is 0 Å². The molecule has 108 valence electrons. The van der Waals surface area contributed by atoms with Gasteiger partial charge < -0.3 is 9.88 Å². The molecule has 0 saturated heterocycles. The van der Waals surface area contributed by atoms with E-state index in [9.17, 15) is 4.79 Å². The third-order valence-corrected chi connectivity index (χ3v) is 3.84. The Balaban J connectivity index is 2.30. The smallest absolute Gasteiger partial charge is 0.262 e. The summed E-state index contributed by atoms with van der Waals surface area (Å²) in [5, 5.41) is 0.694. The lowest BCUT2D eigenvalue weighted by molar-refractivity contribution is 0.274. The molecule has 0 aliphatic heterocycles. The fourth-order valence-corrected chi connectivity index (χ4v) is 2.67. The van der Waals surface area contributed by atoms with Crippen LogP contribution in [0, 0.1) is 4.77 Å². The summed E-state index contributed by atoms with van der Waals surface area (Å²) in [6.45, 7) is 7.82. The minimum Gasteiger partial charge on any atom is -0.332 e. The highest BCUT2D eigenvalue weighted by Crippen LogP contribution is 2.06. The lowest BCUT2D eigenvalue weighted by Crippen LogP contribution is -2.32. The molecule has 0 atom stereocenters. The van der Waals surface area contributed by atoms with Crippen molar-refractivity contribution in [3.05, 3.63) is 39.4 Å². The first-order valence-corrected chi connectivity index (χ1v) is 7.52. The van der Waals surface area contributed by atoms with Crippen molar-refractivity contribution in [3.8, 4) is 0 Å². The number of hydrogen-bond acceptors (Lipinski definition) is 3. The van der Waals surface area contributed by atoms with Crippen LogP contribution in [0.15, 0.2) is 29.1 Å². The molecule has 0 radical (unpaired) electrons. The zero-order valence-electron chi connectivity index (χ0n) is 12.1. The lowest BCUT2D eigenvalue weighted by Gasteiger charge is -2.20. The molecule has 20 heavy (non-hydrogen) atoms. The average Bonchev–Trinajstić information content (AvgIpc) is 2.45. The van der Waals surface area contributed by atoms with Crippen LogP contribution in [0.2, 0.25) is 0 Å². The Hall–Kier alpha value is -1.46. The number of likely N-dealkylation sites (N-methyl/N-ethyl adjacent to an activating group) is 1. The number of H-pyrrole nitrogens is 1. The maximum Gasteiger partial charge on any atom is 0.262 e. The van der Waals surface area contributed by atoms with Crippen molar-refractivity contribution in [2.45, 2.75) is 26.8 Å². The first-order valence-electron chi connectivity index (χ1n) is 7.11. The van der Waals surface area contributed by atoms with E-state index >= 15 is 0 Å². The van der Waals surface area contributed by atoms with Gasteiger partial charge in [-0.1, -0.05) is 26.0 Å². The number of hydrogen-bond donors (Lipinski definition) is 1. The molecule has 5 heteroatoms. The van der Waals surface area contributed by atoms with Crippen molar-refractivity contribution in [1.82, 2.24) is 14.5 Å². The van der Waals surface area contributed by atoms with E-state index < -0.39 is 0 Å². The standard InChI is InChI=1S/C15H21N3OS/c1-3-9-17(4-2)10-11-18-14(19)12-7-5-6-8-13(12)16-15(18)20/h5-8H,3-4,9-11H2,1-2H3,(H,16,20). The van der Waals surface area contributed by atoms with Crippen LogP contribution >= 0.6 is 12.2 Å². The number of aromatic amines is 1. The quantitative estimate of drug-likeness (QED) is 0.832. The molecule has 1 aromatic heterocycles. The van der Waals surface area contributed by atoms with Gasteiger partial charge in [0.05, 0.1) is 10.9 Å². The van der Waals surface area contributed by atoms with Crippen LogP contribution < -0.4 is 5.56 Å². The van der Waals surface area contributed by atoms with Gasteiger partial charge in [0.2, 0.25) is 0 Å². The van der Waals surface area contributed by atoms with Crippen LogP contribution in [0.3, 0.4) is 0 Å². The molecule has 4 nitrogen and oxygen atoms in total. The zero-order chi connectivity index (χ0) is 14.5. The van der Waals surface area contributed by atoms with Gasteiger partial charge in [0, 0.05) is 13.1 Å². The van der Waals surface area contributed by atoms with Crippen molar-refractivity contribution in [2.24, 2.45) is 0 Å². The van der Waals surface area contributed by atoms with E-state index in [-0.39, 0.29) is 5.56 Å². The van der Waals surface area contributed by atoms with Crippen molar-refractivity contribution >= 4 is 23.1 Å². The van der Waals surface area contributed by atoms with Crippen molar-refractivity contribution < 1.29 is 0 Å². The Morgan fingerprint density at radius 2 is 2.00 bits per heavy atom. The second-order valence-corrected chi connectivity index (χ2v) is 5.25. The fourth-order valence-electron chi connectivity index (χ4n) is 2.39. The average molecular weight is 291 g/mol. The summed E-state index contributed by atoms with van der Waals surface area (Å²) in [6.07, 6.45) is 1.12. The van der Waals surface area contributed by atoms with Crippen LogP contribution in [0.4, 0.5) is 0 Å². The second kappa shape index (κ2) is 6.81. The van der Waals surface area contributed by atoms with Gasteiger partial charge in [-0.2, -0.15) is 0 Å². The maximum atomic E-state index is 12.5. The van der Waals surface area contributed by atoms with Gasteiger partial charge in [-0.15, -0.1) is 0 Å². The lowest BCUT2D eigenvalue weighted by atomic mass is 10.2. The van der Waals surface area contributed by atoms with Gasteiger partial charge in [0.25, 0.3) is 5.56 Å². The highest BCUT2D eigenvalue weighted by Gasteiger charge is 2.07. The molecule has 2 aromatic rings. The third-order valence-electron chi connectivity index (χ3n) is 3.52. The van der Waals surface area contributed by atoms with E-state index in [0.717, 1.165) is 31.6 Å². The highest BCUT2D eigenvalue weighted by molar-refractivity contribution is 7.71.